The van der Waals surface area contributed by atoms with E-state index in [0.29, 0.717) is 29.8 Å². The van der Waals surface area contributed by atoms with Crippen molar-refractivity contribution in [1.82, 2.24) is 15.2 Å². The van der Waals surface area contributed by atoms with Gasteiger partial charge in [-0.2, -0.15) is 0 Å². The molecule has 0 bridgehead atoms. The number of likely N-dealkylation sites (tertiary alicyclic amines) is 1. The molecule has 2 saturated heterocycles. The summed E-state index contributed by atoms with van der Waals surface area (Å²) in [5.74, 6) is 0.872. The first-order valence-electron chi connectivity index (χ1n) is 11.7. The molecule has 3 heterocycles. The summed E-state index contributed by atoms with van der Waals surface area (Å²) >= 11 is 1.38. The number of piperidine rings is 2. The first-order chi connectivity index (χ1) is 15.7. The van der Waals surface area contributed by atoms with Gasteiger partial charge in [0.15, 0.2) is 0 Å². The zero-order chi connectivity index (χ0) is 23.6. The topological polar surface area (TPSA) is 94.6 Å². The maximum atomic E-state index is 12.5. The van der Waals surface area contributed by atoms with Crippen LogP contribution < -0.4 is 10.6 Å². The molecule has 33 heavy (non-hydrogen) atoms. The van der Waals surface area contributed by atoms with Crippen LogP contribution in [0.2, 0.25) is 0 Å². The lowest BCUT2D eigenvalue weighted by Crippen LogP contribution is -2.61. The number of hydrogen-bond acceptors (Lipinski definition) is 5. The third-order valence-electron chi connectivity index (χ3n) is 7.55. The van der Waals surface area contributed by atoms with Crippen LogP contribution in [0.5, 0.6) is 0 Å². The average molecular weight is 471 g/mol. The molecule has 0 spiro atoms. The minimum Gasteiger partial charge on any atom is -0.465 e. The summed E-state index contributed by atoms with van der Waals surface area (Å²) in [4.78, 5) is 30.6. The van der Waals surface area contributed by atoms with Crippen LogP contribution in [0.4, 0.5) is 10.5 Å². The van der Waals surface area contributed by atoms with E-state index in [0.717, 1.165) is 44.3 Å². The summed E-state index contributed by atoms with van der Waals surface area (Å²) in [6, 6.07) is 7.73. The predicted octanol–water partition coefficient (Wildman–Crippen LogP) is 5.03. The molecule has 178 valence electrons. The van der Waals surface area contributed by atoms with Gasteiger partial charge in [0.1, 0.15) is 5.69 Å². The molecule has 2 aliphatic rings. The molecule has 1 aromatic carbocycles. The van der Waals surface area contributed by atoms with E-state index in [4.69, 9.17) is 0 Å². The van der Waals surface area contributed by atoms with Crippen LogP contribution in [-0.4, -0.2) is 46.6 Å². The Kier molecular flexibility index (Phi) is 6.77. The molecule has 1 aromatic heterocycles. The summed E-state index contributed by atoms with van der Waals surface area (Å²) in [7, 11) is 0. The predicted molar refractivity (Wildman–Crippen MR) is 131 cm³/mol. The quantitative estimate of drug-likeness (QED) is 0.583. The number of anilines is 1. The van der Waals surface area contributed by atoms with Gasteiger partial charge < -0.3 is 15.7 Å². The van der Waals surface area contributed by atoms with E-state index in [9.17, 15) is 14.7 Å². The van der Waals surface area contributed by atoms with Gasteiger partial charge >= 0.3 is 6.09 Å². The van der Waals surface area contributed by atoms with E-state index in [-0.39, 0.29) is 11.3 Å². The number of nitrogens with one attached hydrogen (secondary N) is 2. The van der Waals surface area contributed by atoms with Crippen LogP contribution in [-0.2, 0) is 5.54 Å². The second-order valence-corrected chi connectivity index (χ2v) is 11.0. The van der Waals surface area contributed by atoms with E-state index in [2.05, 4.69) is 36.4 Å². The molecule has 7 nitrogen and oxygen atoms in total. The van der Waals surface area contributed by atoms with Gasteiger partial charge in [-0.25, -0.2) is 9.78 Å². The number of benzene rings is 1. The van der Waals surface area contributed by atoms with E-state index in [1.165, 1.54) is 11.3 Å². The van der Waals surface area contributed by atoms with Gasteiger partial charge in [-0.15, -0.1) is 11.3 Å². The van der Waals surface area contributed by atoms with Crippen LogP contribution >= 0.6 is 11.3 Å². The Balaban J connectivity index is 1.66. The van der Waals surface area contributed by atoms with Crippen molar-refractivity contribution >= 4 is 29.0 Å². The fraction of sp³-hybridized carbons (Fsp3) is 0.560. The van der Waals surface area contributed by atoms with Crippen molar-refractivity contribution in [2.75, 3.05) is 25.0 Å². The third kappa shape index (κ3) is 4.64. The lowest BCUT2D eigenvalue weighted by atomic mass is 9.60. The molecule has 8 heteroatoms. The van der Waals surface area contributed by atoms with Gasteiger partial charge in [0.05, 0.1) is 11.0 Å². The largest absolute Gasteiger partial charge is 0.465 e. The summed E-state index contributed by atoms with van der Waals surface area (Å²) < 4.78 is 0. The summed E-state index contributed by atoms with van der Waals surface area (Å²) in [6.07, 6.45) is 3.17. The van der Waals surface area contributed by atoms with Gasteiger partial charge in [-0.3, -0.25) is 9.69 Å². The number of nitrogens with zero attached hydrogens (tertiary/aromatic N) is 2. The first kappa shape index (κ1) is 23.7. The van der Waals surface area contributed by atoms with Crippen molar-refractivity contribution in [2.24, 2.45) is 17.3 Å². The van der Waals surface area contributed by atoms with Crippen LogP contribution in [0.3, 0.4) is 0 Å². The molecule has 0 saturated carbocycles. The molecule has 0 radical (unpaired) electrons. The molecule has 2 aromatic rings. The van der Waals surface area contributed by atoms with Crippen molar-refractivity contribution < 1.29 is 14.7 Å². The van der Waals surface area contributed by atoms with Crippen LogP contribution in [0.1, 0.15) is 62.5 Å². The second-order valence-electron chi connectivity index (χ2n) is 10.3. The summed E-state index contributed by atoms with van der Waals surface area (Å²) in [5, 5.41) is 18.3. The Morgan fingerprint density at radius 3 is 2.42 bits per heavy atom. The Hall–Kier alpha value is -2.45. The van der Waals surface area contributed by atoms with Gasteiger partial charge in [-0.05, 0) is 73.7 Å². The molecular formula is C25H34N4O3S. The third-order valence-corrected chi connectivity index (χ3v) is 8.14. The molecule has 2 fully saturated rings. The molecule has 4 rings (SSSR count). The van der Waals surface area contributed by atoms with Crippen molar-refractivity contribution in [2.45, 2.75) is 52.0 Å². The fourth-order valence-corrected chi connectivity index (χ4v) is 6.35. The number of hydrogen-bond donors (Lipinski definition) is 3. The standard InChI is InChI=1S/C25H34N4O3S/c1-24(2,3)25(14-18(10-13-29(25)23(31)32)17-8-11-26-12-9-17)19-4-6-20(7-5-19)28-22(30)21-15-33-16-27-21/h4-7,15-18,26H,8-14H2,1-3H3,(H,28,30)(H,31,32)/t18?,25-/m0/s1. The molecule has 1 unspecified atom stereocenters. The Bertz CT molecular complexity index is 965. The van der Waals surface area contributed by atoms with E-state index in [1.807, 2.05) is 24.3 Å². The number of amides is 2. The maximum absolute atomic E-state index is 12.5. The molecule has 2 atom stereocenters. The lowest BCUT2D eigenvalue weighted by molar-refractivity contribution is -0.0595. The van der Waals surface area contributed by atoms with Gasteiger partial charge in [0.2, 0.25) is 0 Å². The number of rotatable bonds is 4. The number of aromatic nitrogens is 1. The minimum absolute atomic E-state index is 0.245. The Morgan fingerprint density at radius 1 is 1.15 bits per heavy atom. The highest BCUT2D eigenvalue weighted by atomic mass is 32.1. The number of carbonyl (C=O) groups is 2. The zero-order valence-electron chi connectivity index (χ0n) is 19.6. The zero-order valence-corrected chi connectivity index (χ0v) is 20.5. The van der Waals surface area contributed by atoms with Crippen LogP contribution in [0.25, 0.3) is 0 Å². The van der Waals surface area contributed by atoms with E-state index >= 15 is 0 Å². The van der Waals surface area contributed by atoms with Crippen molar-refractivity contribution in [3.63, 3.8) is 0 Å². The molecule has 3 N–H and O–H groups in total. The van der Waals surface area contributed by atoms with Crippen LogP contribution in [0.15, 0.2) is 35.2 Å². The highest BCUT2D eigenvalue weighted by Crippen LogP contribution is 2.53. The normalized spacial score (nSPS) is 24.5. The number of carbonyl (C=O) groups excluding carboxylic acids is 1. The fourth-order valence-electron chi connectivity index (χ4n) is 5.82. The first-order valence-corrected chi connectivity index (χ1v) is 12.7. The summed E-state index contributed by atoms with van der Waals surface area (Å²) in [5.41, 5.74) is 2.75. The minimum atomic E-state index is -0.866. The maximum Gasteiger partial charge on any atom is 0.408 e. The number of carboxylic acid groups (broad SMARTS) is 1. The highest BCUT2D eigenvalue weighted by Gasteiger charge is 2.54. The SMILES string of the molecule is CC(C)(C)[C@@]1(c2ccc(NC(=O)c3cscn3)cc2)CC(C2CCNCC2)CCN1C(=O)O. The molecular weight excluding hydrogens is 436 g/mol. The molecule has 2 amide bonds. The van der Waals surface area contributed by atoms with Gasteiger partial charge in [0.25, 0.3) is 5.91 Å². The molecule has 0 aliphatic carbocycles. The Labute approximate surface area is 199 Å². The van der Waals surface area contributed by atoms with E-state index in [1.54, 1.807) is 15.8 Å². The van der Waals surface area contributed by atoms with Crippen molar-refractivity contribution in [1.29, 1.82) is 0 Å². The lowest BCUT2D eigenvalue weighted by Gasteiger charge is -2.57. The van der Waals surface area contributed by atoms with Crippen LogP contribution in [0, 0.1) is 17.3 Å². The summed E-state index contributed by atoms with van der Waals surface area (Å²) in [6.45, 7) is 9.06. The van der Waals surface area contributed by atoms with Gasteiger partial charge in [-0.1, -0.05) is 32.9 Å². The van der Waals surface area contributed by atoms with E-state index < -0.39 is 11.6 Å². The number of thiazole rings is 1. The second kappa shape index (κ2) is 9.43. The Morgan fingerprint density at radius 2 is 1.85 bits per heavy atom. The molecule has 2 aliphatic heterocycles. The van der Waals surface area contributed by atoms with Crippen molar-refractivity contribution in [3.05, 3.63) is 46.4 Å². The van der Waals surface area contributed by atoms with Gasteiger partial charge in [0, 0.05) is 17.6 Å². The monoisotopic (exact) mass is 470 g/mol. The highest BCUT2D eigenvalue weighted by molar-refractivity contribution is 7.07. The average Bonchev–Trinajstić information content (AvgIpc) is 3.34. The smallest absolute Gasteiger partial charge is 0.408 e. The van der Waals surface area contributed by atoms with Crippen molar-refractivity contribution in [3.8, 4) is 0 Å².